The summed E-state index contributed by atoms with van der Waals surface area (Å²) in [6, 6.07) is 16.9. The van der Waals surface area contributed by atoms with Crippen molar-refractivity contribution in [3.63, 3.8) is 0 Å². The normalized spacial score (nSPS) is 28.8. The number of hydrogen-bond acceptors (Lipinski definition) is 3. The number of amides is 1. The topological polar surface area (TPSA) is 47.6 Å². The highest BCUT2D eigenvalue weighted by atomic mass is 35.5. The molecule has 0 aromatic heterocycles. The van der Waals surface area contributed by atoms with Crippen LogP contribution in [-0.2, 0) is 9.57 Å². The SMILES string of the molecule is CC1CCC(C(ONC(=O)OCC2c3ccccc3-c3ccccc32)(C2CCCCC2)C2CCCCC2Cl)CC1. The van der Waals surface area contributed by atoms with Crippen LogP contribution in [0.2, 0.25) is 0 Å². The third-order valence-corrected chi connectivity index (χ3v) is 11.3. The molecule has 2 aromatic carbocycles. The van der Waals surface area contributed by atoms with Gasteiger partial charge in [0.1, 0.15) is 12.2 Å². The molecule has 3 atom stereocenters. The molecule has 2 aromatic rings. The summed E-state index contributed by atoms with van der Waals surface area (Å²) < 4.78 is 5.93. The second-order valence-corrected chi connectivity index (χ2v) is 13.6. The van der Waals surface area contributed by atoms with Gasteiger partial charge < -0.3 is 4.74 Å². The monoisotopic (exact) mass is 563 g/mol. The number of ether oxygens (including phenoxy) is 1. The fourth-order valence-corrected chi connectivity index (χ4v) is 9.28. The highest BCUT2D eigenvalue weighted by Crippen LogP contribution is 2.54. The predicted molar refractivity (Wildman–Crippen MR) is 161 cm³/mol. The first-order valence-corrected chi connectivity index (χ1v) is 16.4. The number of halogens is 1. The molecule has 0 heterocycles. The van der Waals surface area contributed by atoms with Gasteiger partial charge in [-0.1, -0.05) is 100 Å². The number of hydrogen-bond donors (Lipinski definition) is 1. The van der Waals surface area contributed by atoms with Crippen LogP contribution < -0.4 is 5.48 Å². The molecule has 0 spiro atoms. The smallest absolute Gasteiger partial charge is 0.431 e. The Balaban J connectivity index is 1.22. The lowest BCUT2D eigenvalue weighted by Gasteiger charge is -2.54. The molecule has 5 heteroatoms. The molecule has 3 fully saturated rings. The Morgan fingerprint density at radius 2 is 1.38 bits per heavy atom. The molecule has 3 unspecified atom stereocenters. The molecule has 0 radical (unpaired) electrons. The van der Waals surface area contributed by atoms with Crippen molar-refractivity contribution in [2.45, 2.75) is 107 Å². The van der Waals surface area contributed by atoms with E-state index >= 15 is 0 Å². The van der Waals surface area contributed by atoms with Crippen LogP contribution in [0.5, 0.6) is 0 Å². The molecule has 1 amide bonds. The van der Waals surface area contributed by atoms with Crippen molar-refractivity contribution >= 4 is 17.7 Å². The number of rotatable bonds is 7. The van der Waals surface area contributed by atoms with Gasteiger partial charge in [-0.15, -0.1) is 11.6 Å². The Morgan fingerprint density at radius 3 is 2.02 bits per heavy atom. The molecule has 216 valence electrons. The largest absolute Gasteiger partial charge is 0.447 e. The van der Waals surface area contributed by atoms with E-state index in [0.29, 0.717) is 18.4 Å². The summed E-state index contributed by atoms with van der Waals surface area (Å²) in [7, 11) is 0. The van der Waals surface area contributed by atoms with Crippen molar-refractivity contribution in [3.05, 3.63) is 59.7 Å². The molecule has 4 aliphatic rings. The van der Waals surface area contributed by atoms with Gasteiger partial charge in [0, 0.05) is 17.2 Å². The number of carbonyl (C=O) groups excluding carboxylic acids is 1. The van der Waals surface area contributed by atoms with Crippen LogP contribution in [0, 0.1) is 23.7 Å². The lowest BCUT2D eigenvalue weighted by Crippen LogP contribution is -2.60. The summed E-state index contributed by atoms with van der Waals surface area (Å²) in [6.07, 6.45) is 14.9. The highest BCUT2D eigenvalue weighted by molar-refractivity contribution is 6.20. The Morgan fingerprint density at radius 1 is 0.800 bits per heavy atom. The molecule has 1 N–H and O–H groups in total. The highest BCUT2D eigenvalue weighted by Gasteiger charge is 2.55. The summed E-state index contributed by atoms with van der Waals surface area (Å²) in [5.41, 5.74) is 7.39. The lowest BCUT2D eigenvalue weighted by atomic mass is 9.58. The van der Waals surface area contributed by atoms with Crippen molar-refractivity contribution in [2.75, 3.05) is 6.61 Å². The number of hydroxylamine groups is 1. The molecule has 0 aliphatic heterocycles. The van der Waals surface area contributed by atoms with Crippen molar-refractivity contribution < 1.29 is 14.4 Å². The van der Waals surface area contributed by atoms with E-state index < -0.39 is 11.7 Å². The van der Waals surface area contributed by atoms with Gasteiger partial charge in [-0.05, 0) is 78.5 Å². The number of carbonyl (C=O) groups is 1. The zero-order valence-corrected chi connectivity index (χ0v) is 24.8. The molecular formula is C35H46ClNO3. The van der Waals surface area contributed by atoms with Crippen LogP contribution in [-0.4, -0.2) is 23.7 Å². The van der Waals surface area contributed by atoms with E-state index in [1.807, 2.05) is 0 Å². The first-order chi connectivity index (χ1) is 19.6. The summed E-state index contributed by atoms with van der Waals surface area (Å²) in [5.74, 6) is 1.90. The lowest BCUT2D eigenvalue weighted by molar-refractivity contribution is -0.212. The average Bonchev–Trinajstić information content (AvgIpc) is 3.32. The van der Waals surface area contributed by atoms with Crippen LogP contribution in [0.25, 0.3) is 11.1 Å². The third kappa shape index (κ3) is 5.43. The molecule has 6 rings (SSSR count). The van der Waals surface area contributed by atoms with Gasteiger partial charge in [-0.25, -0.2) is 4.79 Å². The Hall–Kier alpha value is -2.04. The van der Waals surface area contributed by atoms with Gasteiger partial charge in [0.2, 0.25) is 0 Å². The van der Waals surface area contributed by atoms with Crippen LogP contribution in [0.15, 0.2) is 48.5 Å². The number of fused-ring (bicyclic) bond motifs is 3. The average molecular weight is 564 g/mol. The molecule has 3 saturated carbocycles. The van der Waals surface area contributed by atoms with E-state index in [4.69, 9.17) is 21.2 Å². The van der Waals surface area contributed by atoms with Gasteiger partial charge in [0.15, 0.2) is 0 Å². The van der Waals surface area contributed by atoms with E-state index in [2.05, 4.69) is 60.9 Å². The van der Waals surface area contributed by atoms with Gasteiger partial charge in [0.05, 0.1) is 0 Å². The summed E-state index contributed by atoms with van der Waals surface area (Å²) in [4.78, 5) is 20.2. The quantitative estimate of drug-likeness (QED) is 0.269. The first kappa shape index (κ1) is 28.1. The van der Waals surface area contributed by atoms with Gasteiger partial charge in [-0.2, -0.15) is 5.48 Å². The minimum atomic E-state index is -0.479. The number of nitrogens with one attached hydrogen (secondary N) is 1. The third-order valence-electron chi connectivity index (χ3n) is 10.8. The molecule has 0 bridgehead atoms. The van der Waals surface area contributed by atoms with Crippen molar-refractivity contribution in [1.82, 2.24) is 5.48 Å². The predicted octanol–water partition coefficient (Wildman–Crippen LogP) is 9.40. The minimum absolute atomic E-state index is 0.0339. The maximum atomic E-state index is 13.4. The second kappa shape index (κ2) is 12.4. The minimum Gasteiger partial charge on any atom is -0.447 e. The van der Waals surface area contributed by atoms with Gasteiger partial charge >= 0.3 is 6.09 Å². The Bertz CT molecular complexity index is 1110. The Kier molecular flexibility index (Phi) is 8.74. The van der Waals surface area contributed by atoms with E-state index in [1.165, 1.54) is 80.0 Å². The van der Waals surface area contributed by atoms with Gasteiger partial charge in [0.25, 0.3) is 0 Å². The van der Waals surface area contributed by atoms with Crippen LogP contribution >= 0.6 is 11.6 Å². The summed E-state index contributed by atoms with van der Waals surface area (Å²) in [5, 5.41) is 0.0966. The maximum absolute atomic E-state index is 13.4. The second-order valence-electron chi connectivity index (χ2n) is 13.1. The van der Waals surface area contributed by atoms with Crippen LogP contribution in [0.3, 0.4) is 0 Å². The van der Waals surface area contributed by atoms with E-state index in [0.717, 1.165) is 31.6 Å². The Labute approximate surface area is 245 Å². The molecule has 0 saturated heterocycles. The van der Waals surface area contributed by atoms with Gasteiger partial charge in [-0.3, -0.25) is 4.84 Å². The number of benzene rings is 2. The van der Waals surface area contributed by atoms with Crippen LogP contribution in [0.4, 0.5) is 4.79 Å². The molecule has 4 aliphatic carbocycles. The van der Waals surface area contributed by atoms with Crippen LogP contribution in [0.1, 0.15) is 107 Å². The molecule has 40 heavy (non-hydrogen) atoms. The summed E-state index contributed by atoms with van der Waals surface area (Å²) >= 11 is 7.17. The van der Waals surface area contributed by atoms with Crippen molar-refractivity contribution in [1.29, 1.82) is 0 Å². The van der Waals surface area contributed by atoms with E-state index in [-0.39, 0.29) is 17.2 Å². The van der Waals surface area contributed by atoms with Crippen molar-refractivity contribution in [2.24, 2.45) is 23.7 Å². The molecule has 4 nitrogen and oxygen atoms in total. The maximum Gasteiger partial charge on any atom is 0.431 e. The molecular weight excluding hydrogens is 518 g/mol. The standard InChI is InChI=1S/C35H46ClNO3/c1-24-19-21-26(22-20-24)35(25-11-3-2-4-12-25,32-17-9-10-18-33(32)36)40-37-34(38)39-23-31-29-15-7-5-13-27(29)28-14-6-8-16-30(28)31/h5-8,13-16,24-26,31-33H,2-4,9-12,17-23H2,1H3,(H,37,38). The van der Waals surface area contributed by atoms with Crippen molar-refractivity contribution in [3.8, 4) is 11.1 Å². The van der Waals surface area contributed by atoms with E-state index in [9.17, 15) is 4.79 Å². The fraction of sp³-hybridized carbons (Fsp3) is 0.629. The van der Waals surface area contributed by atoms with E-state index in [1.54, 1.807) is 0 Å². The first-order valence-electron chi connectivity index (χ1n) is 16.0. The number of alkyl halides is 1. The zero-order valence-electron chi connectivity index (χ0n) is 24.1. The summed E-state index contributed by atoms with van der Waals surface area (Å²) in [6.45, 7) is 2.67. The zero-order chi connectivity index (χ0) is 27.5. The fourth-order valence-electron chi connectivity index (χ4n) is 8.80.